The largest absolute Gasteiger partial charge is 0.387 e. The molecule has 0 aromatic carbocycles. The van der Waals surface area contributed by atoms with Gasteiger partial charge in [-0.2, -0.15) is 4.31 Å². The maximum atomic E-state index is 12.2. The molecule has 17 heavy (non-hydrogen) atoms. The van der Waals surface area contributed by atoms with E-state index in [4.69, 9.17) is 11.1 Å². The van der Waals surface area contributed by atoms with Gasteiger partial charge < -0.3 is 10.7 Å². The normalized spacial score (nSPS) is 12.3. The summed E-state index contributed by atoms with van der Waals surface area (Å²) in [5, 5.41) is 7.23. The highest BCUT2D eigenvalue weighted by molar-refractivity contribution is 7.89. The minimum Gasteiger partial charge on any atom is -0.387 e. The smallest absolute Gasteiger partial charge is 0.260 e. The Bertz CT molecular complexity index is 505. The number of nitrogens with one attached hydrogen (secondary N) is 2. The zero-order chi connectivity index (χ0) is 13.2. The molecular formula is C9H17N5O2S. The van der Waals surface area contributed by atoms with E-state index in [1.165, 1.54) is 6.20 Å². The number of H-pyrrole nitrogens is 1. The molecule has 96 valence electrons. The molecule has 0 bridgehead atoms. The first-order chi connectivity index (χ1) is 7.75. The van der Waals surface area contributed by atoms with Gasteiger partial charge in [-0.25, -0.2) is 13.4 Å². The fourth-order valence-electron chi connectivity index (χ4n) is 1.37. The predicted octanol–water partition coefficient (Wildman–Crippen LogP) is 0.0532. The van der Waals surface area contributed by atoms with E-state index in [2.05, 4.69) is 9.97 Å². The number of imidazole rings is 1. The van der Waals surface area contributed by atoms with Gasteiger partial charge in [0.05, 0.1) is 12.7 Å². The van der Waals surface area contributed by atoms with Crippen molar-refractivity contribution in [3.63, 3.8) is 0 Å². The van der Waals surface area contributed by atoms with Gasteiger partial charge in [0.25, 0.3) is 10.0 Å². The van der Waals surface area contributed by atoms with Crippen LogP contribution in [0.1, 0.15) is 19.7 Å². The van der Waals surface area contributed by atoms with Crippen molar-refractivity contribution in [1.29, 1.82) is 5.41 Å². The van der Waals surface area contributed by atoms with E-state index >= 15 is 0 Å². The first-order valence-electron chi connectivity index (χ1n) is 5.11. The molecule has 1 rings (SSSR count). The molecule has 0 aliphatic heterocycles. The monoisotopic (exact) mass is 259 g/mol. The van der Waals surface area contributed by atoms with Gasteiger partial charge in [0.15, 0.2) is 5.03 Å². The van der Waals surface area contributed by atoms with E-state index in [-0.39, 0.29) is 23.4 Å². The minimum atomic E-state index is -3.68. The third-order valence-electron chi connectivity index (χ3n) is 2.17. The number of nitrogens with two attached hydrogens (primary N) is 1. The number of amidine groups is 1. The van der Waals surface area contributed by atoms with Gasteiger partial charge in [0, 0.05) is 6.04 Å². The maximum absolute atomic E-state index is 12.2. The van der Waals surface area contributed by atoms with E-state index in [9.17, 15) is 8.42 Å². The first-order valence-corrected chi connectivity index (χ1v) is 6.55. The van der Waals surface area contributed by atoms with Crippen LogP contribution >= 0.6 is 0 Å². The van der Waals surface area contributed by atoms with Crippen LogP contribution in [0.3, 0.4) is 0 Å². The third kappa shape index (κ3) is 3.04. The van der Waals surface area contributed by atoms with E-state index in [0.29, 0.717) is 5.82 Å². The van der Waals surface area contributed by atoms with Crippen LogP contribution in [0.25, 0.3) is 0 Å². The molecular weight excluding hydrogens is 242 g/mol. The molecule has 0 saturated carbocycles. The lowest BCUT2D eigenvalue weighted by Crippen LogP contribution is -2.42. The summed E-state index contributed by atoms with van der Waals surface area (Å²) in [6, 6.07) is -0.285. The number of hydrogen-bond acceptors (Lipinski definition) is 4. The number of sulfonamides is 1. The molecule has 0 atom stereocenters. The van der Waals surface area contributed by atoms with Gasteiger partial charge in [-0.3, -0.25) is 5.41 Å². The van der Waals surface area contributed by atoms with Gasteiger partial charge in [-0.05, 0) is 20.8 Å². The number of nitrogens with zero attached hydrogens (tertiary/aromatic N) is 2. The number of rotatable bonds is 5. The third-order valence-corrected chi connectivity index (χ3v) is 4.10. The predicted molar refractivity (Wildman–Crippen MR) is 64.3 cm³/mol. The van der Waals surface area contributed by atoms with Crippen LogP contribution in [0, 0.1) is 12.3 Å². The number of hydrogen-bond donors (Lipinski definition) is 3. The van der Waals surface area contributed by atoms with E-state index in [0.717, 1.165) is 4.31 Å². The summed E-state index contributed by atoms with van der Waals surface area (Å²) in [7, 11) is -3.68. The fourth-order valence-corrected chi connectivity index (χ4v) is 2.95. The van der Waals surface area contributed by atoms with Gasteiger partial charge in [0.2, 0.25) is 0 Å². The van der Waals surface area contributed by atoms with Crippen molar-refractivity contribution in [3.8, 4) is 0 Å². The SMILES string of the molecule is Cc1ncc(S(=O)(=O)N(CC(=N)N)C(C)C)[nH]1. The van der Waals surface area contributed by atoms with Crippen molar-refractivity contribution >= 4 is 15.9 Å². The van der Waals surface area contributed by atoms with E-state index in [1.807, 2.05) is 0 Å². The lowest BCUT2D eigenvalue weighted by Gasteiger charge is -2.24. The average molecular weight is 259 g/mol. The van der Waals surface area contributed by atoms with E-state index < -0.39 is 10.0 Å². The molecule has 0 saturated heterocycles. The zero-order valence-corrected chi connectivity index (χ0v) is 10.9. The van der Waals surface area contributed by atoms with E-state index in [1.54, 1.807) is 20.8 Å². The zero-order valence-electron chi connectivity index (χ0n) is 10.1. The van der Waals surface area contributed by atoms with Crippen molar-refractivity contribution in [3.05, 3.63) is 12.0 Å². The number of aryl methyl sites for hydroxylation is 1. The highest BCUT2D eigenvalue weighted by atomic mass is 32.2. The summed E-state index contributed by atoms with van der Waals surface area (Å²) >= 11 is 0. The molecule has 0 fully saturated rings. The Labute approximate surface area is 101 Å². The topological polar surface area (TPSA) is 116 Å². The Morgan fingerprint density at radius 3 is 2.59 bits per heavy atom. The Morgan fingerprint density at radius 1 is 1.65 bits per heavy atom. The highest BCUT2D eigenvalue weighted by Crippen LogP contribution is 2.15. The number of aromatic amines is 1. The molecule has 0 aliphatic carbocycles. The molecule has 0 amide bonds. The second-order valence-electron chi connectivity index (χ2n) is 4.00. The van der Waals surface area contributed by atoms with Crippen LogP contribution in [0.2, 0.25) is 0 Å². The first kappa shape index (κ1) is 13.7. The van der Waals surface area contributed by atoms with Gasteiger partial charge in [-0.15, -0.1) is 0 Å². The molecule has 0 radical (unpaired) electrons. The summed E-state index contributed by atoms with van der Waals surface area (Å²) < 4.78 is 25.6. The average Bonchev–Trinajstić information content (AvgIpc) is 2.61. The Morgan fingerprint density at radius 2 is 2.24 bits per heavy atom. The van der Waals surface area contributed by atoms with Crippen molar-refractivity contribution < 1.29 is 8.42 Å². The molecule has 1 aromatic rings. The molecule has 4 N–H and O–H groups in total. The van der Waals surface area contributed by atoms with Crippen molar-refractivity contribution in [1.82, 2.24) is 14.3 Å². The number of aromatic nitrogens is 2. The van der Waals surface area contributed by atoms with Crippen LogP contribution in [0.5, 0.6) is 0 Å². The standard InChI is InChI=1S/C9H17N5O2S/c1-6(2)14(5-8(10)11)17(15,16)9-4-12-7(3)13-9/h4,6H,5H2,1-3H3,(H3,10,11)(H,12,13). The van der Waals surface area contributed by atoms with Gasteiger partial charge in [0.1, 0.15) is 11.7 Å². The molecule has 0 spiro atoms. The maximum Gasteiger partial charge on any atom is 0.260 e. The van der Waals surface area contributed by atoms with Crippen LogP contribution in [0.15, 0.2) is 11.2 Å². The highest BCUT2D eigenvalue weighted by Gasteiger charge is 2.28. The second kappa shape index (κ2) is 4.84. The lowest BCUT2D eigenvalue weighted by molar-refractivity contribution is 0.387. The molecule has 0 unspecified atom stereocenters. The van der Waals surface area contributed by atoms with Crippen molar-refractivity contribution in [2.45, 2.75) is 31.8 Å². The second-order valence-corrected chi connectivity index (χ2v) is 5.86. The minimum absolute atomic E-state index is 0.0185. The fraction of sp³-hybridized carbons (Fsp3) is 0.556. The van der Waals surface area contributed by atoms with Crippen LogP contribution in [-0.2, 0) is 10.0 Å². The summed E-state index contributed by atoms with van der Waals surface area (Å²) in [4.78, 5) is 6.53. The quantitative estimate of drug-likeness (QED) is 0.512. The van der Waals surface area contributed by atoms with Gasteiger partial charge >= 0.3 is 0 Å². The summed E-state index contributed by atoms with van der Waals surface area (Å²) in [5.74, 6) is 0.327. The molecule has 7 nitrogen and oxygen atoms in total. The van der Waals surface area contributed by atoms with Crippen LogP contribution in [-0.4, -0.2) is 41.1 Å². The van der Waals surface area contributed by atoms with Crippen molar-refractivity contribution in [2.24, 2.45) is 5.73 Å². The van der Waals surface area contributed by atoms with Gasteiger partial charge in [-0.1, -0.05) is 0 Å². The molecule has 1 aromatic heterocycles. The molecule has 1 heterocycles. The summed E-state index contributed by atoms with van der Waals surface area (Å²) in [5.41, 5.74) is 5.26. The Balaban J connectivity index is 3.13. The van der Waals surface area contributed by atoms with Crippen LogP contribution in [0.4, 0.5) is 0 Å². The van der Waals surface area contributed by atoms with Crippen molar-refractivity contribution in [2.75, 3.05) is 6.54 Å². The summed E-state index contributed by atoms with van der Waals surface area (Å²) in [6.45, 7) is 5.00. The lowest BCUT2D eigenvalue weighted by atomic mass is 10.4. The Kier molecular flexibility index (Phi) is 3.89. The molecule has 0 aliphatic rings. The Hall–Kier alpha value is -1.41. The van der Waals surface area contributed by atoms with Crippen LogP contribution < -0.4 is 5.73 Å². The summed E-state index contributed by atoms with van der Waals surface area (Å²) in [6.07, 6.45) is 1.26. The molecule has 8 heteroatoms.